The van der Waals surface area contributed by atoms with Gasteiger partial charge in [0.25, 0.3) is 0 Å². The summed E-state index contributed by atoms with van der Waals surface area (Å²) in [6, 6.07) is 0. The molecule has 0 radical (unpaired) electrons. The number of amides is 2. The molecule has 17 heavy (non-hydrogen) atoms. The van der Waals surface area contributed by atoms with Gasteiger partial charge < -0.3 is 10.6 Å². The standard InChI is InChI=1S/C13H20N2O2/c16-12(9-10-3-1-2-4-10)14-7-8-15-13(17)11-5-6-11/h1,3,10-11H,2,4-9H2,(H,14,16)(H,15,17). The summed E-state index contributed by atoms with van der Waals surface area (Å²) in [7, 11) is 0. The lowest BCUT2D eigenvalue weighted by Gasteiger charge is -2.09. The second-order valence-corrected chi connectivity index (χ2v) is 4.88. The molecule has 0 aromatic rings. The molecule has 4 heteroatoms. The van der Waals surface area contributed by atoms with Crippen LogP contribution in [0.3, 0.4) is 0 Å². The maximum Gasteiger partial charge on any atom is 0.223 e. The van der Waals surface area contributed by atoms with Gasteiger partial charge in [0.2, 0.25) is 11.8 Å². The summed E-state index contributed by atoms with van der Waals surface area (Å²) in [5.41, 5.74) is 0. The quantitative estimate of drug-likeness (QED) is 0.533. The van der Waals surface area contributed by atoms with Gasteiger partial charge >= 0.3 is 0 Å². The van der Waals surface area contributed by atoms with Gasteiger partial charge in [-0.3, -0.25) is 9.59 Å². The molecule has 0 aromatic carbocycles. The third kappa shape index (κ3) is 4.21. The van der Waals surface area contributed by atoms with Crippen molar-refractivity contribution in [2.75, 3.05) is 13.1 Å². The number of hydrogen-bond acceptors (Lipinski definition) is 2. The molecule has 94 valence electrons. The Labute approximate surface area is 102 Å². The van der Waals surface area contributed by atoms with Crippen LogP contribution in [0.15, 0.2) is 12.2 Å². The monoisotopic (exact) mass is 236 g/mol. The first-order valence-electron chi connectivity index (χ1n) is 6.47. The minimum Gasteiger partial charge on any atom is -0.354 e. The molecule has 2 N–H and O–H groups in total. The van der Waals surface area contributed by atoms with Gasteiger partial charge in [-0.1, -0.05) is 12.2 Å². The zero-order chi connectivity index (χ0) is 12.1. The topological polar surface area (TPSA) is 58.2 Å². The molecule has 1 atom stereocenters. The Morgan fingerprint density at radius 1 is 1.12 bits per heavy atom. The molecule has 1 unspecified atom stereocenters. The predicted octanol–water partition coefficient (Wildman–Crippen LogP) is 0.985. The van der Waals surface area contributed by atoms with Gasteiger partial charge in [-0.25, -0.2) is 0 Å². The fourth-order valence-electron chi connectivity index (χ4n) is 2.05. The maximum absolute atomic E-state index is 11.5. The van der Waals surface area contributed by atoms with E-state index in [2.05, 4.69) is 22.8 Å². The van der Waals surface area contributed by atoms with Crippen molar-refractivity contribution in [3.8, 4) is 0 Å². The molecule has 2 aliphatic rings. The molecular weight excluding hydrogens is 216 g/mol. The number of carbonyl (C=O) groups excluding carboxylic acids is 2. The molecule has 2 aliphatic carbocycles. The van der Waals surface area contributed by atoms with E-state index < -0.39 is 0 Å². The highest BCUT2D eigenvalue weighted by molar-refractivity contribution is 5.81. The van der Waals surface area contributed by atoms with E-state index in [1.54, 1.807) is 0 Å². The van der Waals surface area contributed by atoms with E-state index in [1.807, 2.05) is 0 Å². The van der Waals surface area contributed by atoms with E-state index in [-0.39, 0.29) is 17.7 Å². The van der Waals surface area contributed by atoms with Gasteiger partial charge in [0.15, 0.2) is 0 Å². The Balaban J connectivity index is 1.50. The van der Waals surface area contributed by atoms with Crippen LogP contribution >= 0.6 is 0 Å². The average Bonchev–Trinajstić information content (AvgIpc) is 3.04. The normalized spacial score (nSPS) is 22.5. The van der Waals surface area contributed by atoms with Crippen molar-refractivity contribution in [2.24, 2.45) is 11.8 Å². The van der Waals surface area contributed by atoms with Gasteiger partial charge in [-0.15, -0.1) is 0 Å². The van der Waals surface area contributed by atoms with Crippen molar-refractivity contribution < 1.29 is 9.59 Å². The maximum atomic E-state index is 11.5. The van der Waals surface area contributed by atoms with Crippen molar-refractivity contribution in [1.29, 1.82) is 0 Å². The molecule has 0 heterocycles. The largest absolute Gasteiger partial charge is 0.354 e. The predicted molar refractivity (Wildman–Crippen MR) is 65.2 cm³/mol. The fraction of sp³-hybridized carbons (Fsp3) is 0.692. The molecule has 0 spiro atoms. The minimum absolute atomic E-state index is 0.0854. The van der Waals surface area contributed by atoms with E-state index in [0.717, 1.165) is 25.7 Å². The second-order valence-electron chi connectivity index (χ2n) is 4.88. The van der Waals surface area contributed by atoms with E-state index in [4.69, 9.17) is 0 Å². The molecule has 1 fully saturated rings. The van der Waals surface area contributed by atoms with Crippen LogP contribution in [0, 0.1) is 11.8 Å². The Kier molecular flexibility index (Phi) is 4.18. The highest BCUT2D eigenvalue weighted by atomic mass is 16.2. The zero-order valence-corrected chi connectivity index (χ0v) is 10.1. The number of carbonyl (C=O) groups is 2. The molecule has 0 saturated heterocycles. The van der Waals surface area contributed by atoms with Crippen molar-refractivity contribution in [3.05, 3.63) is 12.2 Å². The first kappa shape index (κ1) is 12.1. The first-order chi connectivity index (χ1) is 8.25. The SMILES string of the molecule is O=C(CC1C=CCC1)NCCNC(=O)C1CC1. The average molecular weight is 236 g/mol. The Bertz CT molecular complexity index is 321. The highest BCUT2D eigenvalue weighted by Gasteiger charge is 2.28. The van der Waals surface area contributed by atoms with Gasteiger partial charge in [0, 0.05) is 25.4 Å². The summed E-state index contributed by atoms with van der Waals surface area (Å²) < 4.78 is 0. The summed E-state index contributed by atoms with van der Waals surface area (Å²) >= 11 is 0. The van der Waals surface area contributed by atoms with Crippen LogP contribution in [-0.4, -0.2) is 24.9 Å². The molecule has 0 aliphatic heterocycles. The van der Waals surface area contributed by atoms with Crippen molar-refractivity contribution in [1.82, 2.24) is 10.6 Å². The van der Waals surface area contributed by atoms with Crippen LogP contribution in [0.2, 0.25) is 0 Å². The Morgan fingerprint density at radius 3 is 2.53 bits per heavy atom. The summed E-state index contributed by atoms with van der Waals surface area (Å²) in [6.07, 6.45) is 9.05. The van der Waals surface area contributed by atoms with E-state index in [1.165, 1.54) is 0 Å². The van der Waals surface area contributed by atoms with Gasteiger partial charge in [-0.05, 0) is 31.6 Å². The molecule has 2 amide bonds. The number of rotatable bonds is 6. The Hall–Kier alpha value is -1.32. The van der Waals surface area contributed by atoms with Crippen molar-refractivity contribution in [2.45, 2.75) is 32.1 Å². The summed E-state index contributed by atoms with van der Waals surface area (Å²) in [4.78, 5) is 22.8. The molecule has 1 saturated carbocycles. The smallest absolute Gasteiger partial charge is 0.223 e. The number of hydrogen-bond donors (Lipinski definition) is 2. The number of nitrogens with one attached hydrogen (secondary N) is 2. The fourth-order valence-corrected chi connectivity index (χ4v) is 2.05. The Morgan fingerprint density at radius 2 is 1.88 bits per heavy atom. The van der Waals surface area contributed by atoms with E-state index in [0.29, 0.717) is 25.4 Å². The van der Waals surface area contributed by atoms with E-state index >= 15 is 0 Å². The molecule has 2 rings (SSSR count). The minimum atomic E-state index is 0.0854. The van der Waals surface area contributed by atoms with Gasteiger partial charge in [-0.2, -0.15) is 0 Å². The van der Waals surface area contributed by atoms with E-state index in [9.17, 15) is 9.59 Å². The zero-order valence-electron chi connectivity index (χ0n) is 10.1. The van der Waals surface area contributed by atoms with Crippen LogP contribution in [0.4, 0.5) is 0 Å². The summed E-state index contributed by atoms with van der Waals surface area (Å²) in [5, 5.41) is 5.66. The third-order valence-corrected chi connectivity index (χ3v) is 3.25. The van der Waals surface area contributed by atoms with Crippen LogP contribution in [0.5, 0.6) is 0 Å². The van der Waals surface area contributed by atoms with Crippen molar-refractivity contribution >= 4 is 11.8 Å². The first-order valence-corrected chi connectivity index (χ1v) is 6.47. The molecular formula is C13H20N2O2. The lowest BCUT2D eigenvalue weighted by molar-refractivity contribution is -0.123. The summed E-state index contributed by atoms with van der Waals surface area (Å²) in [5.74, 6) is 0.880. The van der Waals surface area contributed by atoms with Crippen LogP contribution in [0.1, 0.15) is 32.1 Å². The van der Waals surface area contributed by atoms with Gasteiger partial charge in [0.05, 0.1) is 0 Å². The lowest BCUT2D eigenvalue weighted by atomic mass is 10.1. The molecule has 4 nitrogen and oxygen atoms in total. The van der Waals surface area contributed by atoms with Crippen LogP contribution in [-0.2, 0) is 9.59 Å². The number of allylic oxidation sites excluding steroid dienone is 2. The summed E-state index contributed by atoms with van der Waals surface area (Å²) in [6.45, 7) is 1.08. The van der Waals surface area contributed by atoms with Crippen molar-refractivity contribution in [3.63, 3.8) is 0 Å². The second kappa shape index (κ2) is 5.84. The molecule has 0 bridgehead atoms. The highest BCUT2D eigenvalue weighted by Crippen LogP contribution is 2.28. The molecule has 0 aromatic heterocycles. The van der Waals surface area contributed by atoms with Gasteiger partial charge in [0.1, 0.15) is 0 Å². The third-order valence-electron chi connectivity index (χ3n) is 3.25. The van der Waals surface area contributed by atoms with Crippen LogP contribution < -0.4 is 10.6 Å². The van der Waals surface area contributed by atoms with Crippen LogP contribution in [0.25, 0.3) is 0 Å². The lowest BCUT2D eigenvalue weighted by Crippen LogP contribution is -2.35.